The molecule has 0 saturated carbocycles. The minimum atomic E-state index is -0.561. The maximum Gasteiger partial charge on any atom is 0.261 e. The van der Waals surface area contributed by atoms with Gasteiger partial charge in [-0.25, -0.2) is 0 Å². The molecule has 29 heavy (non-hydrogen) atoms. The number of halogens is 1. The Bertz CT molecular complexity index is 783. The van der Waals surface area contributed by atoms with Crippen LogP contribution in [-0.4, -0.2) is 35.9 Å². The van der Waals surface area contributed by atoms with E-state index in [1.165, 1.54) is 0 Å². The van der Waals surface area contributed by atoms with E-state index in [2.05, 4.69) is 12.2 Å². The number of amides is 2. The van der Waals surface area contributed by atoms with Gasteiger partial charge in [0.05, 0.1) is 5.02 Å². The van der Waals surface area contributed by atoms with Crippen molar-refractivity contribution in [1.82, 2.24) is 10.2 Å². The minimum absolute atomic E-state index is 0.136. The number of nitrogens with one attached hydrogen (secondary N) is 1. The van der Waals surface area contributed by atoms with Gasteiger partial charge < -0.3 is 15.0 Å². The number of unbranched alkanes of at least 4 members (excludes halogenated alkanes) is 1. The summed E-state index contributed by atoms with van der Waals surface area (Å²) in [4.78, 5) is 27.4. The zero-order valence-electron chi connectivity index (χ0n) is 17.1. The Hall–Kier alpha value is -2.53. The lowest BCUT2D eigenvalue weighted by Crippen LogP contribution is -2.50. The molecule has 0 aliphatic heterocycles. The van der Waals surface area contributed by atoms with Crippen molar-refractivity contribution in [2.75, 3.05) is 13.2 Å². The van der Waals surface area contributed by atoms with Crippen LogP contribution < -0.4 is 10.1 Å². The summed E-state index contributed by atoms with van der Waals surface area (Å²) < 4.78 is 5.64. The quantitative estimate of drug-likeness (QED) is 0.551. The first kappa shape index (κ1) is 22.8. The Kier molecular flexibility index (Phi) is 9.51. The van der Waals surface area contributed by atoms with Crippen LogP contribution in [0, 0.1) is 0 Å². The number of carbonyl (C=O) groups is 2. The van der Waals surface area contributed by atoms with Crippen LogP contribution in [0.25, 0.3) is 0 Å². The highest BCUT2D eigenvalue weighted by molar-refractivity contribution is 6.32. The minimum Gasteiger partial charge on any atom is -0.482 e. The molecule has 1 atom stereocenters. The first-order chi connectivity index (χ1) is 14.1. The Balaban J connectivity index is 2.15. The van der Waals surface area contributed by atoms with Gasteiger partial charge in [-0.15, -0.1) is 0 Å². The van der Waals surface area contributed by atoms with Gasteiger partial charge in [-0.3, -0.25) is 9.59 Å². The second kappa shape index (κ2) is 12.1. The lowest BCUT2D eigenvalue weighted by atomic mass is 10.1. The number of hydrogen-bond acceptors (Lipinski definition) is 3. The molecule has 2 amide bonds. The Morgan fingerprint density at radius 1 is 1.07 bits per heavy atom. The molecule has 0 aromatic heterocycles. The molecule has 0 radical (unpaired) electrons. The van der Waals surface area contributed by atoms with Crippen LogP contribution in [0.2, 0.25) is 5.02 Å². The fourth-order valence-electron chi connectivity index (χ4n) is 2.99. The third kappa shape index (κ3) is 7.09. The number of hydrogen-bond donors (Lipinski definition) is 1. The molecule has 2 aromatic rings. The monoisotopic (exact) mass is 416 g/mol. The van der Waals surface area contributed by atoms with Gasteiger partial charge in [-0.05, 0) is 30.5 Å². The zero-order valence-corrected chi connectivity index (χ0v) is 17.8. The number of benzene rings is 2. The topological polar surface area (TPSA) is 58.6 Å². The number of ether oxygens (including phenoxy) is 1. The van der Waals surface area contributed by atoms with Crippen LogP contribution in [0.4, 0.5) is 0 Å². The first-order valence-electron chi connectivity index (χ1n) is 10.0. The van der Waals surface area contributed by atoms with Gasteiger partial charge >= 0.3 is 0 Å². The molecule has 5 nitrogen and oxygen atoms in total. The van der Waals surface area contributed by atoms with Gasteiger partial charge in [0.2, 0.25) is 5.91 Å². The van der Waals surface area contributed by atoms with Crippen molar-refractivity contribution < 1.29 is 14.3 Å². The molecule has 156 valence electrons. The predicted molar refractivity (Wildman–Crippen MR) is 116 cm³/mol. The summed E-state index contributed by atoms with van der Waals surface area (Å²) in [5.41, 5.74) is 0.957. The molecule has 0 aliphatic carbocycles. The summed E-state index contributed by atoms with van der Waals surface area (Å²) in [6, 6.07) is 16.1. The molecule has 0 unspecified atom stereocenters. The third-order valence-electron chi connectivity index (χ3n) is 4.60. The third-order valence-corrected chi connectivity index (χ3v) is 4.91. The SMILES string of the molecule is CCCCNC(=O)[C@H](CC)N(Cc1ccccc1)C(=O)COc1ccccc1Cl. The molecule has 6 heteroatoms. The second-order valence-electron chi connectivity index (χ2n) is 6.79. The molecule has 0 fully saturated rings. The van der Waals surface area contributed by atoms with E-state index in [0.29, 0.717) is 30.3 Å². The molecule has 0 saturated heterocycles. The van der Waals surface area contributed by atoms with Crippen LogP contribution in [0.1, 0.15) is 38.7 Å². The van der Waals surface area contributed by atoms with E-state index in [1.807, 2.05) is 37.3 Å². The molecule has 0 spiro atoms. The van der Waals surface area contributed by atoms with Crippen molar-refractivity contribution in [2.24, 2.45) is 0 Å². The summed E-state index contributed by atoms with van der Waals surface area (Å²) in [6.07, 6.45) is 2.42. The highest BCUT2D eigenvalue weighted by atomic mass is 35.5. The van der Waals surface area contributed by atoms with Crippen LogP contribution >= 0.6 is 11.6 Å². The van der Waals surface area contributed by atoms with E-state index in [4.69, 9.17) is 16.3 Å². The molecule has 2 aromatic carbocycles. The Labute approximate surface area is 178 Å². The van der Waals surface area contributed by atoms with Crippen LogP contribution in [0.5, 0.6) is 5.75 Å². The van der Waals surface area contributed by atoms with Crippen molar-refractivity contribution in [3.63, 3.8) is 0 Å². The molecule has 0 bridgehead atoms. The van der Waals surface area contributed by atoms with E-state index in [9.17, 15) is 9.59 Å². The smallest absolute Gasteiger partial charge is 0.261 e. The molecule has 0 heterocycles. The summed E-state index contributed by atoms with van der Waals surface area (Å²) in [6.45, 7) is 4.74. The normalized spacial score (nSPS) is 11.6. The standard InChI is InChI=1S/C23H29ClN2O3/c1-3-5-15-25-23(28)20(4-2)26(16-18-11-7-6-8-12-18)22(27)17-29-21-14-10-9-13-19(21)24/h6-14,20H,3-5,15-17H2,1-2H3,(H,25,28)/t20-/m0/s1. The van der Waals surface area contributed by atoms with E-state index in [0.717, 1.165) is 18.4 Å². The van der Waals surface area contributed by atoms with Gasteiger partial charge in [-0.2, -0.15) is 0 Å². The molecule has 2 rings (SSSR count). The van der Waals surface area contributed by atoms with Crippen molar-refractivity contribution >= 4 is 23.4 Å². The average Bonchev–Trinajstić information content (AvgIpc) is 2.73. The number of rotatable bonds is 11. The van der Waals surface area contributed by atoms with Crippen LogP contribution in [0.15, 0.2) is 54.6 Å². The highest BCUT2D eigenvalue weighted by Crippen LogP contribution is 2.23. The van der Waals surface area contributed by atoms with E-state index in [1.54, 1.807) is 29.2 Å². The largest absolute Gasteiger partial charge is 0.482 e. The lowest BCUT2D eigenvalue weighted by Gasteiger charge is -2.30. The van der Waals surface area contributed by atoms with E-state index < -0.39 is 6.04 Å². The fraction of sp³-hybridized carbons (Fsp3) is 0.391. The first-order valence-corrected chi connectivity index (χ1v) is 10.4. The second-order valence-corrected chi connectivity index (χ2v) is 7.20. The lowest BCUT2D eigenvalue weighted by molar-refractivity contribution is -0.143. The average molecular weight is 417 g/mol. The van der Waals surface area contributed by atoms with Gasteiger partial charge in [0.25, 0.3) is 5.91 Å². The molecular weight excluding hydrogens is 388 g/mol. The van der Waals surface area contributed by atoms with E-state index >= 15 is 0 Å². The van der Waals surface area contributed by atoms with Gasteiger partial charge in [0.15, 0.2) is 6.61 Å². The van der Waals surface area contributed by atoms with Crippen molar-refractivity contribution in [2.45, 2.75) is 45.7 Å². The Morgan fingerprint density at radius 3 is 2.41 bits per heavy atom. The summed E-state index contributed by atoms with van der Waals surface area (Å²) in [5, 5.41) is 3.39. The number of para-hydroxylation sites is 1. The van der Waals surface area contributed by atoms with E-state index in [-0.39, 0.29) is 18.4 Å². The van der Waals surface area contributed by atoms with Gasteiger partial charge in [0, 0.05) is 13.1 Å². The molecule has 0 aliphatic rings. The maximum absolute atomic E-state index is 13.0. The summed E-state index contributed by atoms with van der Waals surface area (Å²) in [5.74, 6) is 0.0527. The number of carbonyl (C=O) groups excluding carboxylic acids is 2. The highest BCUT2D eigenvalue weighted by Gasteiger charge is 2.28. The molecular formula is C23H29ClN2O3. The number of nitrogens with zero attached hydrogens (tertiary/aromatic N) is 1. The summed E-state index contributed by atoms with van der Waals surface area (Å²) in [7, 11) is 0. The zero-order chi connectivity index (χ0) is 21.1. The van der Waals surface area contributed by atoms with Gasteiger partial charge in [-0.1, -0.05) is 74.3 Å². The summed E-state index contributed by atoms with van der Waals surface area (Å²) >= 11 is 6.11. The Morgan fingerprint density at radius 2 is 1.76 bits per heavy atom. The van der Waals surface area contributed by atoms with Crippen molar-refractivity contribution in [1.29, 1.82) is 0 Å². The molecule has 1 N–H and O–H groups in total. The maximum atomic E-state index is 13.0. The fourth-order valence-corrected chi connectivity index (χ4v) is 3.18. The van der Waals surface area contributed by atoms with Crippen LogP contribution in [-0.2, 0) is 16.1 Å². The van der Waals surface area contributed by atoms with Gasteiger partial charge in [0.1, 0.15) is 11.8 Å². The predicted octanol–water partition coefficient (Wildman–Crippen LogP) is 4.44. The van der Waals surface area contributed by atoms with Crippen molar-refractivity contribution in [3.8, 4) is 5.75 Å². The van der Waals surface area contributed by atoms with Crippen LogP contribution in [0.3, 0.4) is 0 Å². The van der Waals surface area contributed by atoms with Crippen molar-refractivity contribution in [3.05, 3.63) is 65.2 Å².